The summed E-state index contributed by atoms with van der Waals surface area (Å²) in [5, 5.41) is -0.996. The molecule has 74 valence electrons. The molecule has 1 aromatic carbocycles. The summed E-state index contributed by atoms with van der Waals surface area (Å²) in [6.45, 7) is 6.61. The highest BCUT2D eigenvalue weighted by molar-refractivity contribution is 6.44. The summed E-state index contributed by atoms with van der Waals surface area (Å²) in [6.07, 6.45) is -4.55. The van der Waals surface area contributed by atoms with E-state index < -0.39 is 16.8 Å². The number of alkyl halides is 3. The highest BCUT2D eigenvalue weighted by Crippen LogP contribution is 2.41. The Bertz CT molecular complexity index is 406. The normalized spacial score (nSPS) is 11.1. The molecule has 0 spiro atoms. The van der Waals surface area contributed by atoms with Crippen molar-refractivity contribution in [2.24, 2.45) is 0 Å². The summed E-state index contributed by atoms with van der Waals surface area (Å²) in [5.41, 5.74) is -1.12. The number of rotatable bonds is 0. The van der Waals surface area contributed by atoms with Crippen LogP contribution in [0.5, 0.6) is 0 Å². The number of halogens is 5. The highest BCUT2D eigenvalue weighted by atomic mass is 35.5. The molecule has 1 nitrogen and oxygen atoms in total. The zero-order valence-electron chi connectivity index (χ0n) is 6.49. The Morgan fingerprint density at radius 2 is 1.71 bits per heavy atom. The van der Waals surface area contributed by atoms with Gasteiger partial charge < -0.3 is 0 Å². The van der Waals surface area contributed by atoms with Gasteiger partial charge in [0, 0.05) is 0 Å². The van der Waals surface area contributed by atoms with Crippen LogP contribution in [0.15, 0.2) is 12.1 Å². The standard InChI is InChI=1S/C8H2Cl2F3N/c1-14-5-3-2-4(8(11,12)13)6(9)7(5)10/h2-3H. The summed E-state index contributed by atoms with van der Waals surface area (Å²) >= 11 is 10.8. The van der Waals surface area contributed by atoms with Gasteiger partial charge >= 0.3 is 6.18 Å². The van der Waals surface area contributed by atoms with Gasteiger partial charge in [-0.15, -0.1) is 0 Å². The van der Waals surface area contributed by atoms with Crippen molar-refractivity contribution in [1.82, 2.24) is 0 Å². The summed E-state index contributed by atoms with van der Waals surface area (Å²) < 4.78 is 36.7. The largest absolute Gasteiger partial charge is 0.417 e. The predicted octanol–water partition coefficient (Wildman–Crippen LogP) is 4.56. The van der Waals surface area contributed by atoms with Crippen LogP contribution in [0.25, 0.3) is 4.85 Å². The van der Waals surface area contributed by atoms with Gasteiger partial charge in [0.05, 0.1) is 22.2 Å². The quantitative estimate of drug-likeness (QED) is 0.585. The first-order chi connectivity index (χ1) is 6.38. The Labute approximate surface area is 87.9 Å². The van der Waals surface area contributed by atoms with Crippen LogP contribution in [-0.4, -0.2) is 0 Å². The Morgan fingerprint density at radius 3 is 2.14 bits per heavy atom. The molecular weight excluding hydrogens is 238 g/mol. The fourth-order valence-electron chi connectivity index (χ4n) is 0.845. The highest BCUT2D eigenvalue weighted by Gasteiger charge is 2.34. The molecule has 0 N–H and O–H groups in total. The molecule has 0 saturated carbocycles. The van der Waals surface area contributed by atoms with Crippen molar-refractivity contribution in [3.05, 3.63) is 39.2 Å². The lowest BCUT2D eigenvalue weighted by molar-refractivity contribution is -0.137. The Kier molecular flexibility index (Phi) is 2.93. The minimum Gasteiger partial charge on any atom is -0.237 e. The van der Waals surface area contributed by atoms with Crippen molar-refractivity contribution < 1.29 is 13.2 Å². The van der Waals surface area contributed by atoms with E-state index in [1.54, 1.807) is 0 Å². The zero-order chi connectivity index (χ0) is 10.9. The molecule has 0 saturated heterocycles. The maximum absolute atomic E-state index is 12.2. The second-order valence-corrected chi connectivity index (χ2v) is 3.13. The van der Waals surface area contributed by atoms with Crippen molar-refractivity contribution in [2.45, 2.75) is 6.18 Å². The lowest BCUT2D eigenvalue weighted by atomic mass is 10.2. The third-order valence-electron chi connectivity index (χ3n) is 1.49. The Hall–Kier alpha value is -0.920. The average Bonchev–Trinajstić information content (AvgIpc) is 2.07. The molecule has 0 fully saturated rings. The second kappa shape index (κ2) is 3.68. The van der Waals surface area contributed by atoms with E-state index >= 15 is 0 Å². The molecule has 0 aliphatic rings. The fourth-order valence-corrected chi connectivity index (χ4v) is 1.32. The van der Waals surface area contributed by atoms with Crippen molar-refractivity contribution in [2.75, 3.05) is 0 Å². The molecule has 6 heteroatoms. The smallest absolute Gasteiger partial charge is 0.237 e. The van der Waals surface area contributed by atoms with Crippen molar-refractivity contribution in [3.8, 4) is 0 Å². The van der Waals surface area contributed by atoms with Gasteiger partial charge in [0.25, 0.3) is 0 Å². The van der Waals surface area contributed by atoms with Crippen LogP contribution >= 0.6 is 23.2 Å². The van der Waals surface area contributed by atoms with Gasteiger partial charge in [0.2, 0.25) is 5.69 Å². The first-order valence-corrected chi connectivity index (χ1v) is 4.06. The van der Waals surface area contributed by atoms with Crippen LogP contribution in [0.3, 0.4) is 0 Å². The first-order valence-electron chi connectivity index (χ1n) is 3.30. The van der Waals surface area contributed by atoms with E-state index in [0.717, 1.165) is 12.1 Å². The van der Waals surface area contributed by atoms with E-state index in [4.69, 9.17) is 29.8 Å². The van der Waals surface area contributed by atoms with E-state index in [-0.39, 0.29) is 10.7 Å². The molecule has 0 atom stereocenters. The summed E-state index contributed by atoms with van der Waals surface area (Å²) in [7, 11) is 0. The summed E-state index contributed by atoms with van der Waals surface area (Å²) in [6, 6.07) is 1.73. The number of hydrogen-bond donors (Lipinski definition) is 0. The third kappa shape index (κ3) is 1.94. The van der Waals surface area contributed by atoms with Gasteiger partial charge in [-0.25, -0.2) is 4.85 Å². The van der Waals surface area contributed by atoms with E-state index in [1.165, 1.54) is 0 Å². The number of nitrogens with zero attached hydrogens (tertiary/aromatic N) is 1. The maximum Gasteiger partial charge on any atom is 0.417 e. The molecule has 0 radical (unpaired) electrons. The van der Waals surface area contributed by atoms with Crippen LogP contribution in [-0.2, 0) is 6.18 Å². The third-order valence-corrected chi connectivity index (χ3v) is 2.36. The Morgan fingerprint density at radius 1 is 1.14 bits per heavy atom. The van der Waals surface area contributed by atoms with Gasteiger partial charge in [-0.3, -0.25) is 0 Å². The number of hydrogen-bond acceptors (Lipinski definition) is 0. The molecule has 0 aromatic heterocycles. The van der Waals surface area contributed by atoms with Gasteiger partial charge in [-0.1, -0.05) is 35.3 Å². The lowest BCUT2D eigenvalue weighted by Crippen LogP contribution is -2.05. The van der Waals surface area contributed by atoms with Crippen molar-refractivity contribution in [1.29, 1.82) is 0 Å². The van der Waals surface area contributed by atoms with E-state index in [0.29, 0.717) is 0 Å². The van der Waals surface area contributed by atoms with Crippen LogP contribution < -0.4 is 0 Å². The fraction of sp³-hybridized carbons (Fsp3) is 0.125. The molecular formula is C8H2Cl2F3N. The Balaban J connectivity index is 3.41. The minimum absolute atomic E-state index is 0.0929. The van der Waals surface area contributed by atoms with Crippen LogP contribution in [0.4, 0.5) is 18.9 Å². The van der Waals surface area contributed by atoms with Gasteiger partial charge in [0.15, 0.2) is 0 Å². The maximum atomic E-state index is 12.2. The molecule has 0 aliphatic carbocycles. The average molecular weight is 240 g/mol. The molecule has 1 aromatic rings. The van der Waals surface area contributed by atoms with Gasteiger partial charge in [0.1, 0.15) is 0 Å². The molecule has 1 rings (SSSR count). The topological polar surface area (TPSA) is 4.36 Å². The van der Waals surface area contributed by atoms with Crippen molar-refractivity contribution in [3.63, 3.8) is 0 Å². The molecule has 0 unspecified atom stereocenters. The van der Waals surface area contributed by atoms with Crippen LogP contribution in [0.2, 0.25) is 10.0 Å². The minimum atomic E-state index is -4.55. The van der Waals surface area contributed by atoms with Crippen molar-refractivity contribution >= 4 is 28.9 Å². The second-order valence-electron chi connectivity index (χ2n) is 2.37. The molecule has 0 amide bonds. The summed E-state index contributed by atoms with van der Waals surface area (Å²) in [5.74, 6) is 0. The van der Waals surface area contributed by atoms with E-state index in [2.05, 4.69) is 4.85 Å². The van der Waals surface area contributed by atoms with Gasteiger partial charge in [-0.05, 0) is 0 Å². The molecule has 14 heavy (non-hydrogen) atoms. The van der Waals surface area contributed by atoms with Crippen LogP contribution in [0, 0.1) is 6.57 Å². The predicted molar refractivity (Wildman–Crippen MR) is 47.7 cm³/mol. The van der Waals surface area contributed by atoms with Gasteiger partial charge in [-0.2, -0.15) is 13.2 Å². The molecule has 0 aliphatic heterocycles. The molecule has 0 heterocycles. The van der Waals surface area contributed by atoms with E-state index in [1.807, 2.05) is 0 Å². The zero-order valence-corrected chi connectivity index (χ0v) is 8.00. The lowest BCUT2D eigenvalue weighted by Gasteiger charge is -2.10. The first kappa shape index (κ1) is 11.2. The van der Waals surface area contributed by atoms with E-state index in [9.17, 15) is 13.2 Å². The summed E-state index contributed by atoms with van der Waals surface area (Å²) in [4.78, 5) is 2.92. The SMILES string of the molecule is [C-]#[N+]c1ccc(C(F)(F)F)c(Cl)c1Cl. The number of benzene rings is 1. The monoisotopic (exact) mass is 239 g/mol. The molecule has 0 bridgehead atoms. The van der Waals surface area contributed by atoms with Crippen LogP contribution in [0.1, 0.15) is 5.56 Å².